The molecule has 1 N–H and O–H groups in total. The molecule has 98 valence electrons. The zero-order valence-electron chi connectivity index (χ0n) is 10.4. The van der Waals surface area contributed by atoms with E-state index in [-0.39, 0.29) is 11.7 Å². The van der Waals surface area contributed by atoms with E-state index < -0.39 is 5.97 Å². The van der Waals surface area contributed by atoms with Crippen LogP contribution in [0.15, 0.2) is 18.2 Å². The Bertz CT molecular complexity index is 445. The lowest BCUT2D eigenvalue weighted by Crippen LogP contribution is -2.24. The van der Waals surface area contributed by atoms with Crippen LogP contribution in [0.3, 0.4) is 0 Å². The van der Waals surface area contributed by atoms with E-state index in [4.69, 9.17) is 9.84 Å². The second-order valence-corrected chi connectivity index (χ2v) is 6.12. The Morgan fingerprint density at radius 2 is 2.22 bits per heavy atom. The Kier molecular flexibility index (Phi) is 4.48. The minimum atomic E-state index is -0.909. The Morgan fingerprint density at radius 3 is 2.89 bits per heavy atom. The quantitative estimate of drug-likeness (QED) is 0.831. The summed E-state index contributed by atoms with van der Waals surface area (Å²) in [4.78, 5) is 11.0. The lowest BCUT2D eigenvalue weighted by molar-refractivity contribution is 0.0695. The molecule has 1 aromatic rings. The van der Waals surface area contributed by atoms with Crippen LogP contribution in [0.2, 0.25) is 0 Å². The molecule has 0 aliphatic heterocycles. The fraction of sp³-hybridized carbons (Fsp3) is 0.500. The molecular weight excluding hydrogens is 343 g/mol. The van der Waals surface area contributed by atoms with Crippen LogP contribution in [-0.4, -0.2) is 17.2 Å². The molecule has 0 amide bonds. The van der Waals surface area contributed by atoms with Crippen molar-refractivity contribution in [1.29, 1.82) is 0 Å². The molecule has 0 saturated heterocycles. The van der Waals surface area contributed by atoms with E-state index in [1.165, 1.54) is 12.8 Å². The van der Waals surface area contributed by atoms with E-state index >= 15 is 0 Å². The van der Waals surface area contributed by atoms with Crippen LogP contribution < -0.4 is 4.74 Å². The molecule has 1 aromatic carbocycles. The van der Waals surface area contributed by atoms with Gasteiger partial charge in [-0.25, -0.2) is 4.79 Å². The van der Waals surface area contributed by atoms with Gasteiger partial charge in [0.2, 0.25) is 0 Å². The van der Waals surface area contributed by atoms with E-state index in [1.807, 2.05) is 0 Å². The van der Waals surface area contributed by atoms with Gasteiger partial charge >= 0.3 is 5.97 Å². The number of benzene rings is 1. The first-order chi connectivity index (χ1) is 8.56. The third-order valence-corrected chi connectivity index (χ3v) is 4.25. The Labute approximate surface area is 121 Å². The predicted molar refractivity (Wildman–Crippen MR) is 78.2 cm³/mol. The molecule has 2 rings (SSSR count). The molecule has 3 nitrogen and oxygen atoms in total. The van der Waals surface area contributed by atoms with Crippen LogP contribution >= 0.6 is 22.6 Å². The zero-order valence-corrected chi connectivity index (χ0v) is 12.5. The largest absolute Gasteiger partial charge is 0.489 e. The Hall–Kier alpha value is -0.780. The Morgan fingerprint density at radius 1 is 1.44 bits per heavy atom. The number of carbonyl (C=O) groups is 1. The third kappa shape index (κ3) is 3.37. The highest BCUT2D eigenvalue weighted by Crippen LogP contribution is 2.30. The maximum atomic E-state index is 11.0. The first-order valence-electron chi connectivity index (χ1n) is 6.25. The summed E-state index contributed by atoms with van der Waals surface area (Å²) in [5.41, 5.74) is 0.286. The lowest BCUT2D eigenvalue weighted by Gasteiger charge is -2.27. The highest BCUT2D eigenvalue weighted by molar-refractivity contribution is 14.1. The van der Waals surface area contributed by atoms with Gasteiger partial charge in [-0.2, -0.15) is 0 Å². The molecule has 4 heteroatoms. The van der Waals surface area contributed by atoms with Gasteiger partial charge in [-0.1, -0.05) is 13.3 Å². The van der Waals surface area contributed by atoms with Crippen LogP contribution in [-0.2, 0) is 0 Å². The van der Waals surface area contributed by atoms with Crippen molar-refractivity contribution in [1.82, 2.24) is 0 Å². The number of carboxylic acids is 1. The van der Waals surface area contributed by atoms with Gasteiger partial charge in [-0.15, -0.1) is 0 Å². The predicted octanol–water partition coefficient (Wildman–Crippen LogP) is 3.95. The Balaban J connectivity index is 2.12. The van der Waals surface area contributed by atoms with Gasteiger partial charge in [0.25, 0.3) is 0 Å². The fourth-order valence-corrected chi connectivity index (χ4v) is 2.85. The molecule has 1 fully saturated rings. The van der Waals surface area contributed by atoms with Gasteiger partial charge in [0.05, 0.1) is 15.2 Å². The van der Waals surface area contributed by atoms with Crippen molar-refractivity contribution in [2.75, 3.05) is 0 Å². The molecule has 0 heterocycles. The summed E-state index contributed by atoms with van der Waals surface area (Å²) >= 11 is 2.18. The van der Waals surface area contributed by atoms with Crippen LogP contribution in [0, 0.1) is 9.49 Å². The number of carboxylic acid groups (broad SMARTS) is 1. The number of hydrogen-bond acceptors (Lipinski definition) is 2. The first-order valence-corrected chi connectivity index (χ1v) is 7.33. The summed E-state index contributed by atoms with van der Waals surface area (Å²) in [6.45, 7) is 2.24. The van der Waals surface area contributed by atoms with Gasteiger partial charge in [0.15, 0.2) is 0 Å². The van der Waals surface area contributed by atoms with Crippen LogP contribution in [0.5, 0.6) is 5.75 Å². The summed E-state index contributed by atoms with van der Waals surface area (Å²) in [6.07, 6.45) is 4.82. The van der Waals surface area contributed by atoms with Crippen LogP contribution in [0.4, 0.5) is 0 Å². The SMILES string of the molecule is CC1CCCC(Oc2cc(C(=O)O)ccc2I)C1. The summed E-state index contributed by atoms with van der Waals surface area (Å²) in [5.74, 6) is 0.493. The van der Waals surface area contributed by atoms with Crippen molar-refractivity contribution >= 4 is 28.6 Å². The molecule has 0 radical (unpaired) electrons. The number of ether oxygens (including phenoxy) is 1. The summed E-state index contributed by atoms with van der Waals surface area (Å²) in [7, 11) is 0. The maximum Gasteiger partial charge on any atom is 0.335 e. The van der Waals surface area contributed by atoms with E-state index in [0.717, 1.165) is 16.4 Å². The van der Waals surface area contributed by atoms with Gasteiger partial charge in [0, 0.05) is 0 Å². The van der Waals surface area contributed by atoms with Gasteiger partial charge in [-0.3, -0.25) is 0 Å². The summed E-state index contributed by atoms with van der Waals surface area (Å²) in [5, 5.41) is 8.99. The molecule has 18 heavy (non-hydrogen) atoms. The van der Waals surface area contributed by atoms with Crippen molar-refractivity contribution in [2.24, 2.45) is 5.92 Å². The lowest BCUT2D eigenvalue weighted by atomic mass is 9.89. The minimum Gasteiger partial charge on any atom is -0.489 e. The third-order valence-electron chi connectivity index (χ3n) is 3.36. The monoisotopic (exact) mass is 360 g/mol. The van der Waals surface area contributed by atoms with E-state index in [0.29, 0.717) is 11.7 Å². The number of aromatic carboxylic acids is 1. The zero-order chi connectivity index (χ0) is 13.1. The van der Waals surface area contributed by atoms with Crippen LogP contribution in [0.25, 0.3) is 0 Å². The summed E-state index contributed by atoms with van der Waals surface area (Å²) < 4.78 is 6.94. The molecule has 2 unspecified atom stereocenters. The molecule has 1 aliphatic carbocycles. The first kappa shape index (κ1) is 13.6. The fourth-order valence-electron chi connectivity index (χ4n) is 2.39. The summed E-state index contributed by atoms with van der Waals surface area (Å²) in [6, 6.07) is 5.04. The van der Waals surface area contributed by atoms with Crippen molar-refractivity contribution in [3.05, 3.63) is 27.3 Å². The molecule has 1 aliphatic rings. The standard InChI is InChI=1S/C14H17IO3/c1-9-3-2-4-11(7-9)18-13-8-10(14(16)17)5-6-12(13)15/h5-6,8-9,11H,2-4,7H2,1H3,(H,16,17). The second-order valence-electron chi connectivity index (χ2n) is 4.96. The smallest absolute Gasteiger partial charge is 0.335 e. The molecular formula is C14H17IO3. The average molecular weight is 360 g/mol. The van der Waals surface area contributed by atoms with Crippen molar-refractivity contribution in [3.8, 4) is 5.75 Å². The van der Waals surface area contributed by atoms with Gasteiger partial charge in [-0.05, 0) is 66.0 Å². The van der Waals surface area contributed by atoms with Crippen molar-refractivity contribution in [2.45, 2.75) is 38.7 Å². The number of halogens is 1. The van der Waals surface area contributed by atoms with Crippen molar-refractivity contribution in [3.63, 3.8) is 0 Å². The molecule has 0 aromatic heterocycles. The molecule has 0 spiro atoms. The van der Waals surface area contributed by atoms with Gasteiger partial charge in [0.1, 0.15) is 5.75 Å². The second kappa shape index (κ2) is 5.91. The van der Waals surface area contributed by atoms with E-state index in [9.17, 15) is 4.79 Å². The average Bonchev–Trinajstić information content (AvgIpc) is 2.31. The number of hydrogen-bond donors (Lipinski definition) is 1. The minimum absolute atomic E-state index is 0.228. The van der Waals surface area contributed by atoms with Crippen LogP contribution in [0.1, 0.15) is 43.0 Å². The maximum absolute atomic E-state index is 11.0. The molecule has 1 saturated carbocycles. The van der Waals surface area contributed by atoms with Gasteiger partial charge < -0.3 is 9.84 Å². The highest BCUT2D eigenvalue weighted by atomic mass is 127. The normalized spacial score (nSPS) is 23.7. The highest BCUT2D eigenvalue weighted by Gasteiger charge is 2.21. The topological polar surface area (TPSA) is 46.5 Å². The van der Waals surface area contributed by atoms with E-state index in [2.05, 4.69) is 29.5 Å². The van der Waals surface area contributed by atoms with Crippen molar-refractivity contribution < 1.29 is 14.6 Å². The van der Waals surface area contributed by atoms with E-state index in [1.54, 1.807) is 18.2 Å². The molecule has 2 atom stereocenters. The molecule has 0 bridgehead atoms. The number of rotatable bonds is 3.